The summed E-state index contributed by atoms with van der Waals surface area (Å²) >= 11 is 0. The normalized spacial score (nSPS) is 16.5. The summed E-state index contributed by atoms with van der Waals surface area (Å²) in [5.41, 5.74) is 0.556. The number of hydrogen-bond acceptors (Lipinski definition) is 7. The Kier molecular flexibility index (Phi) is 6.32. The van der Waals surface area contributed by atoms with Crippen LogP contribution in [0, 0.1) is 0 Å². The fourth-order valence-corrected chi connectivity index (χ4v) is 6.38. The summed E-state index contributed by atoms with van der Waals surface area (Å²) < 4.78 is 54.6. The third kappa shape index (κ3) is 4.41. The first-order valence-corrected chi connectivity index (χ1v) is 13.2. The van der Waals surface area contributed by atoms with Crippen LogP contribution in [0.5, 0.6) is 0 Å². The highest BCUT2D eigenvalue weighted by Crippen LogP contribution is 2.21. The Balaban J connectivity index is 1.48. The second-order valence-electron chi connectivity index (χ2n) is 7.55. The van der Waals surface area contributed by atoms with E-state index in [0.717, 1.165) is 0 Å². The zero-order valence-corrected chi connectivity index (χ0v) is 19.5. The minimum absolute atomic E-state index is 0.0793. The maximum atomic E-state index is 13.2. The molecular formula is C21H23N5O5S2. The van der Waals surface area contributed by atoms with Crippen LogP contribution in [0.4, 0.5) is 0 Å². The summed E-state index contributed by atoms with van der Waals surface area (Å²) in [6.45, 7) is 1.66. The lowest BCUT2D eigenvalue weighted by Gasteiger charge is -2.35. The van der Waals surface area contributed by atoms with Crippen molar-refractivity contribution in [3.63, 3.8) is 0 Å². The van der Waals surface area contributed by atoms with E-state index in [1.165, 1.54) is 39.2 Å². The van der Waals surface area contributed by atoms with Crippen LogP contribution >= 0.6 is 0 Å². The molecule has 0 bridgehead atoms. The second kappa shape index (κ2) is 9.04. The first kappa shape index (κ1) is 23.1. The molecule has 1 amide bonds. The first-order chi connectivity index (χ1) is 15.7. The monoisotopic (exact) mass is 489 g/mol. The van der Waals surface area contributed by atoms with Gasteiger partial charge in [-0.25, -0.2) is 16.8 Å². The van der Waals surface area contributed by atoms with Crippen molar-refractivity contribution < 1.29 is 21.6 Å². The second-order valence-corrected chi connectivity index (χ2v) is 11.6. The van der Waals surface area contributed by atoms with Gasteiger partial charge in [-0.05, 0) is 31.2 Å². The molecule has 1 atom stereocenters. The minimum atomic E-state index is -4.14. The zero-order chi connectivity index (χ0) is 23.6. The molecule has 0 N–H and O–H groups in total. The molecule has 1 aliphatic rings. The van der Waals surface area contributed by atoms with Crippen LogP contribution in [0.3, 0.4) is 0 Å². The number of sulfonamides is 1. The maximum absolute atomic E-state index is 13.2. The fourth-order valence-electron chi connectivity index (χ4n) is 3.62. The Labute approximate surface area is 192 Å². The molecule has 0 spiro atoms. The van der Waals surface area contributed by atoms with E-state index < -0.39 is 31.0 Å². The molecule has 2 heterocycles. The molecule has 3 aromatic rings. The van der Waals surface area contributed by atoms with Gasteiger partial charge < -0.3 is 4.90 Å². The molecule has 0 radical (unpaired) electrons. The van der Waals surface area contributed by atoms with E-state index in [1.54, 1.807) is 48.5 Å². The van der Waals surface area contributed by atoms with Crippen molar-refractivity contribution in [1.29, 1.82) is 0 Å². The predicted molar refractivity (Wildman–Crippen MR) is 120 cm³/mol. The number of carbonyl (C=O) groups excluding carboxylic acids is 1. The molecule has 0 saturated carbocycles. The van der Waals surface area contributed by atoms with Crippen molar-refractivity contribution >= 4 is 25.8 Å². The molecule has 1 fully saturated rings. The highest BCUT2D eigenvalue weighted by Gasteiger charge is 2.38. The summed E-state index contributed by atoms with van der Waals surface area (Å²) in [7, 11) is -7.82. The van der Waals surface area contributed by atoms with Gasteiger partial charge >= 0.3 is 0 Å². The quantitative estimate of drug-likeness (QED) is 0.505. The Morgan fingerprint density at radius 2 is 1.45 bits per heavy atom. The lowest BCUT2D eigenvalue weighted by atomic mass is 10.3. The van der Waals surface area contributed by atoms with E-state index in [0.29, 0.717) is 5.69 Å². The summed E-state index contributed by atoms with van der Waals surface area (Å²) in [6, 6.07) is 16.8. The number of carbonyl (C=O) groups is 1. The van der Waals surface area contributed by atoms with Crippen LogP contribution in [0.25, 0.3) is 5.69 Å². The molecule has 2 aromatic carbocycles. The summed E-state index contributed by atoms with van der Waals surface area (Å²) in [4.78, 5) is 14.6. The Bertz CT molecular complexity index is 1330. The van der Waals surface area contributed by atoms with Gasteiger partial charge in [0.2, 0.25) is 25.8 Å². The van der Waals surface area contributed by atoms with Crippen molar-refractivity contribution in [3.05, 3.63) is 67.0 Å². The lowest BCUT2D eigenvalue weighted by Crippen LogP contribution is -2.53. The third-order valence-corrected chi connectivity index (χ3v) is 9.38. The number of piperazine rings is 1. The van der Waals surface area contributed by atoms with Gasteiger partial charge in [-0.15, -0.1) is 10.2 Å². The third-order valence-electron chi connectivity index (χ3n) is 5.55. The number of aromatic nitrogens is 3. The van der Waals surface area contributed by atoms with Gasteiger partial charge in [-0.3, -0.25) is 9.36 Å². The van der Waals surface area contributed by atoms with Gasteiger partial charge in [0, 0.05) is 31.9 Å². The molecule has 174 valence electrons. The van der Waals surface area contributed by atoms with Crippen LogP contribution in [0.2, 0.25) is 0 Å². The van der Waals surface area contributed by atoms with Gasteiger partial charge in [0.05, 0.1) is 4.90 Å². The highest BCUT2D eigenvalue weighted by molar-refractivity contribution is 7.92. The molecule has 1 aliphatic heterocycles. The minimum Gasteiger partial charge on any atom is -0.339 e. The number of sulfone groups is 1. The molecule has 33 heavy (non-hydrogen) atoms. The standard InChI is InChI=1S/C21H23N5O5S2/c1-17(32(28,29)21-23-22-16-26(21)18-8-4-2-5-9-18)20(27)24-12-14-25(15-13-24)33(30,31)19-10-6-3-7-11-19/h2-11,16-17H,12-15H2,1H3. The summed E-state index contributed by atoms with van der Waals surface area (Å²) in [6.07, 6.45) is 1.28. The molecule has 1 unspecified atom stereocenters. The lowest BCUT2D eigenvalue weighted by molar-refractivity contribution is -0.131. The Hall–Kier alpha value is -3.09. The molecular weight excluding hydrogens is 466 g/mol. The topological polar surface area (TPSA) is 123 Å². The van der Waals surface area contributed by atoms with Crippen LogP contribution in [-0.4, -0.2) is 78.1 Å². The SMILES string of the molecule is CC(C(=O)N1CCN(S(=O)(=O)c2ccccc2)CC1)S(=O)(=O)c1nncn1-c1ccccc1. The molecule has 1 saturated heterocycles. The molecule has 12 heteroatoms. The van der Waals surface area contributed by atoms with E-state index in [1.807, 2.05) is 0 Å². The predicted octanol–water partition coefficient (Wildman–Crippen LogP) is 0.963. The van der Waals surface area contributed by atoms with Crippen molar-refractivity contribution in [2.45, 2.75) is 22.2 Å². The highest BCUT2D eigenvalue weighted by atomic mass is 32.2. The summed E-state index contributed by atoms with van der Waals surface area (Å²) in [5, 5.41) is 5.76. The zero-order valence-electron chi connectivity index (χ0n) is 17.9. The van der Waals surface area contributed by atoms with Crippen molar-refractivity contribution in [2.24, 2.45) is 0 Å². The van der Waals surface area contributed by atoms with Crippen LogP contribution < -0.4 is 0 Å². The smallest absolute Gasteiger partial charge is 0.254 e. The van der Waals surface area contributed by atoms with Crippen molar-refractivity contribution in [2.75, 3.05) is 26.2 Å². The van der Waals surface area contributed by atoms with E-state index in [-0.39, 0.29) is 36.2 Å². The number of rotatable bonds is 6. The average molecular weight is 490 g/mol. The first-order valence-electron chi connectivity index (χ1n) is 10.3. The number of benzene rings is 2. The number of para-hydroxylation sites is 1. The average Bonchev–Trinajstić information content (AvgIpc) is 3.35. The largest absolute Gasteiger partial charge is 0.339 e. The van der Waals surface area contributed by atoms with E-state index >= 15 is 0 Å². The number of nitrogens with zero attached hydrogens (tertiary/aromatic N) is 5. The Morgan fingerprint density at radius 1 is 0.879 bits per heavy atom. The van der Waals surface area contributed by atoms with Crippen LogP contribution in [-0.2, 0) is 24.7 Å². The number of amides is 1. The maximum Gasteiger partial charge on any atom is 0.254 e. The van der Waals surface area contributed by atoms with E-state index in [4.69, 9.17) is 0 Å². The molecule has 0 aliphatic carbocycles. The van der Waals surface area contributed by atoms with Crippen molar-refractivity contribution in [3.8, 4) is 5.69 Å². The van der Waals surface area contributed by atoms with Crippen LogP contribution in [0.1, 0.15) is 6.92 Å². The van der Waals surface area contributed by atoms with E-state index in [9.17, 15) is 21.6 Å². The van der Waals surface area contributed by atoms with E-state index in [2.05, 4.69) is 10.2 Å². The molecule has 1 aromatic heterocycles. The van der Waals surface area contributed by atoms with Crippen LogP contribution in [0.15, 0.2) is 77.0 Å². The van der Waals surface area contributed by atoms with Gasteiger partial charge in [-0.2, -0.15) is 4.31 Å². The fraction of sp³-hybridized carbons (Fsp3) is 0.286. The van der Waals surface area contributed by atoms with Gasteiger partial charge in [-0.1, -0.05) is 36.4 Å². The number of hydrogen-bond donors (Lipinski definition) is 0. The molecule has 4 rings (SSSR count). The van der Waals surface area contributed by atoms with Gasteiger partial charge in [0.25, 0.3) is 5.16 Å². The molecule has 10 nitrogen and oxygen atoms in total. The summed E-state index contributed by atoms with van der Waals surface area (Å²) in [5.74, 6) is -0.602. The Morgan fingerprint density at radius 3 is 2.06 bits per heavy atom. The van der Waals surface area contributed by atoms with Gasteiger partial charge in [0.1, 0.15) is 11.6 Å². The van der Waals surface area contributed by atoms with Gasteiger partial charge in [0.15, 0.2) is 0 Å². The van der Waals surface area contributed by atoms with Crippen molar-refractivity contribution in [1.82, 2.24) is 24.0 Å².